The summed E-state index contributed by atoms with van der Waals surface area (Å²) in [6.45, 7) is 2.89. The van der Waals surface area contributed by atoms with Gasteiger partial charge >= 0.3 is 0 Å². The van der Waals surface area contributed by atoms with E-state index >= 15 is 0 Å². The van der Waals surface area contributed by atoms with Crippen molar-refractivity contribution in [2.45, 2.75) is 25.8 Å². The smallest absolute Gasteiger partial charge is 0.129 e. The molecule has 2 rings (SSSR count). The summed E-state index contributed by atoms with van der Waals surface area (Å²) < 4.78 is 14.1. The third-order valence-electron chi connectivity index (χ3n) is 3.26. The Labute approximate surface area is 129 Å². The van der Waals surface area contributed by atoms with Crippen LogP contribution in [0.25, 0.3) is 0 Å². The van der Waals surface area contributed by atoms with E-state index < -0.39 is 0 Å². The first-order valence-corrected chi connectivity index (χ1v) is 7.36. The number of benzene rings is 1. The molecule has 21 heavy (non-hydrogen) atoms. The molecule has 1 unspecified atom stereocenters. The van der Waals surface area contributed by atoms with Crippen molar-refractivity contribution < 1.29 is 4.39 Å². The molecule has 1 aromatic carbocycles. The fourth-order valence-corrected chi connectivity index (χ4v) is 2.41. The second kappa shape index (κ2) is 7.38. The molecule has 3 nitrogen and oxygen atoms in total. The summed E-state index contributed by atoms with van der Waals surface area (Å²) in [4.78, 5) is 3.98. The first-order valence-electron chi connectivity index (χ1n) is 6.99. The van der Waals surface area contributed by atoms with E-state index in [0.29, 0.717) is 22.8 Å². The van der Waals surface area contributed by atoms with Crippen LogP contribution in [-0.2, 0) is 6.42 Å². The number of aromatic nitrogens is 1. The lowest BCUT2D eigenvalue weighted by Crippen LogP contribution is -2.25. The van der Waals surface area contributed by atoms with Crippen LogP contribution < -0.4 is 11.1 Å². The van der Waals surface area contributed by atoms with Gasteiger partial charge in [-0.15, -0.1) is 0 Å². The standard InChI is InChI=1S/C16H19ClFN3/c1-2-6-20-15(8-11-5-7-21-16(19)9-11)13-4-3-12(17)10-14(13)18/h3-5,7,9-10,15,20H,2,6,8H2,1H3,(H2,19,21). The van der Waals surface area contributed by atoms with Crippen LogP contribution in [0, 0.1) is 5.82 Å². The van der Waals surface area contributed by atoms with Crippen molar-refractivity contribution in [2.24, 2.45) is 0 Å². The molecule has 0 bridgehead atoms. The predicted octanol–water partition coefficient (Wildman–Crippen LogP) is 3.74. The van der Waals surface area contributed by atoms with E-state index in [0.717, 1.165) is 18.5 Å². The molecule has 0 saturated carbocycles. The highest BCUT2D eigenvalue weighted by atomic mass is 35.5. The number of nitrogen functional groups attached to an aromatic ring is 1. The van der Waals surface area contributed by atoms with Crippen molar-refractivity contribution in [1.29, 1.82) is 0 Å². The van der Waals surface area contributed by atoms with Crippen molar-refractivity contribution in [3.63, 3.8) is 0 Å². The largest absolute Gasteiger partial charge is 0.384 e. The van der Waals surface area contributed by atoms with Crippen LogP contribution in [-0.4, -0.2) is 11.5 Å². The van der Waals surface area contributed by atoms with Crippen LogP contribution >= 0.6 is 11.6 Å². The van der Waals surface area contributed by atoms with E-state index in [1.54, 1.807) is 18.3 Å². The number of nitrogens with zero attached hydrogens (tertiary/aromatic N) is 1. The third kappa shape index (κ3) is 4.41. The van der Waals surface area contributed by atoms with Crippen LogP contribution in [0.15, 0.2) is 36.5 Å². The summed E-state index contributed by atoms with van der Waals surface area (Å²) in [5, 5.41) is 3.77. The normalized spacial score (nSPS) is 12.3. The van der Waals surface area contributed by atoms with Crippen LogP contribution in [0.2, 0.25) is 5.02 Å². The molecule has 1 heterocycles. The van der Waals surface area contributed by atoms with Gasteiger partial charge in [-0.2, -0.15) is 0 Å². The first-order chi connectivity index (χ1) is 10.1. The number of hydrogen-bond donors (Lipinski definition) is 2. The maximum atomic E-state index is 14.1. The number of halogens is 2. The van der Waals surface area contributed by atoms with Crippen LogP contribution in [0.4, 0.5) is 10.2 Å². The fraction of sp³-hybridized carbons (Fsp3) is 0.312. The molecular formula is C16H19ClFN3. The van der Waals surface area contributed by atoms with Gasteiger partial charge in [0.1, 0.15) is 11.6 Å². The molecule has 5 heteroatoms. The van der Waals surface area contributed by atoms with Crippen molar-refractivity contribution in [1.82, 2.24) is 10.3 Å². The Morgan fingerprint density at radius 1 is 1.33 bits per heavy atom. The van der Waals surface area contributed by atoms with Crippen molar-refractivity contribution in [2.75, 3.05) is 12.3 Å². The highest BCUT2D eigenvalue weighted by molar-refractivity contribution is 6.30. The zero-order valence-electron chi connectivity index (χ0n) is 11.9. The lowest BCUT2D eigenvalue weighted by atomic mass is 9.98. The number of nitrogens with two attached hydrogens (primary N) is 1. The maximum absolute atomic E-state index is 14.1. The van der Waals surface area contributed by atoms with Gasteiger partial charge in [0, 0.05) is 22.8 Å². The van der Waals surface area contributed by atoms with Gasteiger partial charge in [0.05, 0.1) is 0 Å². The van der Waals surface area contributed by atoms with E-state index in [9.17, 15) is 4.39 Å². The summed E-state index contributed by atoms with van der Waals surface area (Å²) in [6.07, 6.45) is 3.29. The molecule has 0 radical (unpaired) electrons. The van der Waals surface area contributed by atoms with Gasteiger partial charge < -0.3 is 11.1 Å². The number of nitrogens with one attached hydrogen (secondary N) is 1. The second-order valence-electron chi connectivity index (χ2n) is 4.97. The number of hydrogen-bond acceptors (Lipinski definition) is 3. The highest BCUT2D eigenvalue weighted by Gasteiger charge is 2.16. The quantitative estimate of drug-likeness (QED) is 0.854. The van der Waals surface area contributed by atoms with Gasteiger partial charge in [0.2, 0.25) is 0 Å². The minimum atomic E-state index is -0.293. The van der Waals surface area contributed by atoms with Gasteiger partial charge in [0.25, 0.3) is 0 Å². The summed E-state index contributed by atoms with van der Waals surface area (Å²) in [5.41, 5.74) is 7.33. The van der Waals surface area contributed by atoms with Crippen LogP contribution in [0.5, 0.6) is 0 Å². The lowest BCUT2D eigenvalue weighted by Gasteiger charge is -2.20. The van der Waals surface area contributed by atoms with Crippen LogP contribution in [0.1, 0.15) is 30.5 Å². The fourth-order valence-electron chi connectivity index (χ4n) is 2.25. The van der Waals surface area contributed by atoms with E-state index in [4.69, 9.17) is 17.3 Å². The Kier molecular flexibility index (Phi) is 5.53. The molecule has 0 fully saturated rings. The van der Waals surface area contributed by atoms with Crippen LogP contribution in [0.3, 0.4) is 0 Å². The number of pyridine rings is 1. The van der Waals surface area contributed by atoms with Gasteiger partial charge in [-0.3, -0.25) is 0 Å². The molecule has 2 aromatic rings. The molecule has 3 N–H and O–H groups in total. The summed E-state index contributed by atoms with van der Waals surface area (Å²) in [5.74, 6) is 0.177. The molecule has 0 saturated heterocycles. The average molecular weight is 308 g/mol. The molecule has 1 atom stereocenters. The first kappa shape index (κ1) is 15.7. The van der Waals surface area contributed by atoms with E-state index in [1.807, 2.05) is 12.1 Å². The van der Waals surface area contributed by atoms with Gasteiger partial charge in [0.15, 0.2) is 0 Å². The Hall–Kier alpha value is -1.65. The second-order valence-corrected chi connectivity index (χ2v) is 5.40. The Morgan fingerprint density at radius 3 is 2.81 bits per heavy atom. The maximum Gasteiger partial charge on any atom is 0.129 e. The Bertz CT molecular complexity index is 604. The SMILES string of the molecule is CCCNC(Cc1ccnc(N)c1)c1ccc(Cl)cc1F. The summed E-state index contributed by atoms with van der Waals surface area (Å²) in [6, 6.07) is 8.37. The minimum Gasteiger partial charge on any atom is -0.384 e. The van der Waals surface area contributed by atoms with Crippen molar-refractivity contribution in [3.8, 4) is 0 Å². The van der Waals surface area contributed by atoms with E-state index in [1.165, 1.54) is 6.07 Å². The third-order valence-corrected chi connectivity index (χ3v) is 3.50. The topological polar surface area (TPSA) is 50.9 Å². The summed E-state index contributed by atoms with van der Waals surface area (Å²) >= 11 is 5.82. The Morgan fingerprint density at radius 2 is 2.14 bits per heavy atom. The highest BCUT2D eigenvalue weighted by Crippen LogP contribution is 2.24. The number of anilines is 1. The van der Waals surface area contributed by atoms with E-state index in [-0.39, 0.29) is 11.9 Å². The monoisotopic (exact) mass is 307 g/mol. The zero-order valence-corrected chi connectivity index (χ0v) is 12.7. The zero-order chi connectivity index (χ0) is 15.2. The molecule has 0 aliphatic heterocycles. The number of rotatable bonds is 6. The minimum absolute atomic E-state index is 0.121. The molecule has 1 aromatic heterocycles. The van der Waals surface area contributed by atoms with Gasteiger partial charge in [-0.05, 0) is 49.2 Å². The van der Waals surface area contributed by atoms with Gasteiger partial charge in [-0.1, -0.05) is 24.6 Å². The lowest BCUT2D eigenvalue weighted by molar-refractivity contribution is 0.497. The molecule has 0 aliphatic carbocycles. The Balaban J connectivity index is 2.25. The summed E-state index contributed by atoms with van der Waals surface area (Å²) in [7, 11) is 0. The molecule has 112 valence electrons. The average Bonchev–Trinajstić information content (AvgIpc) is 2.44. The predicted molar refractivity (Wildman–Crippen MR) is 84.8 cm³/mol. The molecule has 0 aliphatic rings. The van der Waals surface area contributed by atoms with Crippen molar-refractivity contribution in [3.05, 3.63) is 58.5 Å². The van der Waals surface area contributed by atoms with Crippen molar-refractivity contribution >= 4 is 17.4 Å². The molecular weight excluding hydrogens is 289 g/mol. The van der Waals surface area contributed by atoms with Gasteiger partial charge in [-0.25, -0.2) is 9.37 Å². The molecule has 0 amide bonds. The molecule has 0 spiro atoms. The van der Waals surface area contributed by atoms with E-state index in [2.05, 4.69) is 17.2 Å².